The van der Waals surface area contributed by atoms with Crippen LogP contribution >= 0.6 is 0 Å². The first-order valence-electron chi connectivity index (χ1n) is 6.79. The summed E-state index contributed by atoms with van der Waals surface area (Å²) in [6.07, 6.45) is 0. The molecule has 0 unspecified atom stereocenters. The number of para-hydroxylation sites is 1. The lowest BCUT2D eigenvalue weighted by atomic mass is 10.2. The monoisotopic (exact) mass is 324 g/mol. The number of nitrogens with one attached hydrogen (secondary N) is 2. The maximum Gasteiger partial charge on any atom is 0.239 e. The normalized spacial score (nSPS) is 10.3. The Bertz CT molecular complexity index is 708. The highest BCUT2D eigenvalue weighted by Crippen LogP contribution is 2.19. The number of methoxy groups -OCH3 is 1. The van der Waals surface area contributed by atoms with Gasteiger partial charge in [-0.3, -0.25) is 4.79 Å². The standard InChI is InChI=1S/C16H15F3N2O2/c1-23-13-5-3-2-4-10(13)8-21-14(22)9-20-12-7-6-11(17)15(18)16(12)19/h2-7,20H,8-9H2,1H3,(H,21,22). The molecule has 23 heavy (non-hydrogen) atoms. The highest BCUT2D eigenvalue weighted by atomic mass is 19.2. The first kappa shape index (κ1) is 16.7. The van der Waals surface area contributed by atoms with E-state index in [9.17, 15) is 18.0 Å². The number of carbonyl (C=O) groups is 1. The van der Waals surface area contributed by atoms with E-state index < -0.39 is 23.4 Å². The summed E-state index contributed by atoms with van der Waals surface area (Å²) in [6.45, 7) is -0.0536. The van der Waals surface area contributed by atoms with Gasteiger partial charge in [0, 0.05) is 12.1 Å². The molecule has 122 valence electrons. The number of hydrogen-bond acceptors (Lipinski definition) is 3. The van der Waals surface area contributed by atoms with Gasteiger partial charge in [0.1, 0.15) is 5.75 Å². The molecule has 4 nitrogen and oxygen atoms in total. The van der Waals surface area contributed by atoms with Gasteiger partial charge in [0.2, 0.25) is 5.91 Å². The van der Waals surface area contributed by atoms with Crippen molar-refractivity contribution in [2.24, 2.45) is 0 Å². The predicted molar refractivity (Wildman–Crippen MR) is 79.6 cm³/mol. The van der Waals surface area contributed by atoms with Gasteiger partial charge in [-0.25, -0.2) is 13.2 Å². The summed E-state index contributed by atoms with van der Waals surface area (Å²) >= 11 is 0. The maximum absolute atomic E-state index is 13.4. The molecule has 2 N–H and O–H groups in total. The first-order chi connectivity index (χ1) is 11.0. The van der Waals surface area contributed by atoms with Crippen LogP contribution in [0.2, 0.25) is 0 Å². The van der Waals surface area contributed by atoms with Crippen LogP contribution in [0.3, 0.4) is 0 Å². The van der Waals surface area contributed by atoms with E-state index in [-0.39, 0.29) is 18.8 Å². The second-order valence-electron chi connectivity index (χ2n) is 4.67. The van der Waals surface area contributed by atoms with Gasteiger partial charge in [-0.05, 0) is 18.2 Å². The highest BCUT2D eigenvalue weighted by molar-refractivity contribution is 5.80. The average Bonchev–Trinajstić information content (AvgIpc) is 2.57. The fourth-order valence-electron chi connectivity index (χ4n) is 1.94. The fraction of sp³-hybridized carbons (Fsp3) is 0.188. The fourth-order valence-corrected chi connectivity index (χ4v) is 1.94. The van der Waals surface area contributed by atoms with Crippen LogP contribution in [0.15, 0.2) is 36.4 Å². The molecule has 0 bridgehead atoms. The molecule has 0 saturated heterocycles. The molecule has 0 aliphatic carbocycles. The van der Waals surface area contributed by atoms with Gasteiger partial charge in [-0.2, -0.15) is 0 Å². The smallest absolute Gasteiger partial charge is 0.239 e. The van der Waals surface area contributed by atoms with E-state index >= 15 is 0 Å². The van der Waals surface area contributed by atoms with E-state index in [0.717, 1.165) is 17.7 Å². The Balaban J connectivity index is 1.90. The van der Waals surface area contributed by atoms with Crippen LogP contribution in [-0.2, 0) is 11.3 Å². The Kier molecular flexibility index (Phi) is 5.46. The van der Waals surface area contributed by atoms with Gasteiger partial charge in [0.05, 0.1) is 19.3 Å². The zero-order chi connectivity index (χ0) is 16.8. The molecule has 0 radical (unpaired) electrons. The summed E-state index contributed by atoms with van der Waals surface area (Å²) in [7, 11) is 1.52. The molecule has 0 aromatic heterocycles. The molecule has 0 spiro atoms. The lowest BCUT2D eigenvalue weighted by Crippen LogP contribution is -2.29. The summed E-state index contributed by atoms with van der Waals surface area (Å²) in [4.78, 5) is 11.7. The topological polar surface area (TPSA) is 50.4 Å². The molecular weight excluding hydrogens is 309 g/mol. The lowest BCUT2D eigenvalue weighted by Gasteiger charge is -2.11. The predicted octanol–water partition coefficient (Wildman–Crippen LogP) is 2.84. The summed E-state index contributed by atoms with van der Waals surface area (Å²) in [5.41, 5.74) is 0.499. The van der Waals surface area contributed by atoms with Crippen molar-refractivity contribution in [3.63, 3.8) is 0 Å². The molecule has 2 aromatic rings. The van der Waals surface area contributed by atoms with Crippen molar-refractivity contribution in [3.05, 3.63) is 59.4 Å². The molecule has 7 heteroatoms. The Morgan fingerprint density at radius 2 is 1.83 bits per heavy atom. The molecule has 1 amide bonds. The molecule has 2 aromatic carbocycles. The van der Waals surface area contributed by atoms with E-state index in [4.69, 9.17) is 4.74 Å². The zero-order valence-electron chi connectivity index (χ0n) is 12.3. The second-order valence-corrected chi connectivity index (χ2v) is 4.67. The van der Waals surface area contributed by atoms with Gasteiger partial charge in [0.15, 0.2) is 17.5 Å². The third kappa shape index (κ3) is 4.15. The molecular formula is C16H15F3N2O2. The molecule has 0 heterocycles. The van der Waals surface area contributed by atoms with Crippen LogP contribution in [-0.4, -0.2) is 19.6 Å². The van der Waals surface area contributed by atoms with Crippen molar-refractivity contribution >= 4 is 11.6 Å². The SMILES string of the molecule is COc1ccccc1CNC(=O)CNc1ccc(F)c(F)c1F. The minimum absolute atomic E-state index is 0.227. The number of carbonyl (C=O) groups excluding carboxylic acids is 1. The maximum atomic E-state index is 13.4. The van der Waals surface area contributed by atoms with E-state index in [1.54, 1.807) is 24.3 Å². The van der Waals surface area contributed by atoms with E-state index in [1.165, 1.54) is 7.11 Å². The third-order valence-corrected chi connectivity index (χ3v) is 3.14. The lowest BCUT2D eigenvalue weighted by molar-refractivity contribution is -0.119. The van der Waals surface area contributed by atoms with E-state index in [1.807, 2.05) is 0 Å². The summed E-state index contributed by atoms with van der Waals surface area (Å²) < 4.78 is 44.5. The number of amides is 1. The van der Waals surface area contributed by atoms with Crippen LogP contribution in [0.4, 0.5) is 18.9 Å². The van der Waals surface area contributed by atoms with Crippen molar-refractivity contribution in [1.29, 1.82) is 0 Å². The van der Waals surface area contributed by atoms with Crippen LogP contribution < -0.4 is 15.4 Å². The van der Waals surface area contributed by atoms with Gasteiger partial charge in [-0.1, -0.05) is 18.2 Å². The quantitative estimate of drug-likeness (QED) is 0.804. The van der Waals surface area contributed by atoms with Crippen molar-refractivity contribution in [2.45, 2.75) is 6.54 Å². The number of anilines is 1. The third-order valence-electron chi connectivity index (χ3n) is 3.14. The largest absolute Gasteiger partial charge is 0.496 e. The summed E-state index contributed by atoms with van der Waals surface area (Å²) in [5.74, 6) is -4.02. The zero-order valence-corrected chi connectivity index (χ0v) is 12.3. The number of benzene rings is 2. The van der Waals surface area contributed by atoms with E-state index in [2.05, 4.69) is 10.6 Å². The second kappa shape index (κ2) is 7.53. The Labute approximate surface area is 131 Å². The van der Waals surface area contributed by atoms with Gasteiger partial charge in [-0.15, -0.1) is 0 Å². The minimum atomic E-state index is -1.58. The van der Waals surface area contributed by atoms with Gasteiger partial charge in [0.25, 0.3) is 0 Å². The van der Waals surface area contributed by atoms with Gasteiger partial charge < -0.3 is 15.4 Å². The van der Waals surface area contributed by atoms with Crippen LogP contribution in [0, 0.1) is 17.5 Å². The van der Waals surface area contributed by atoms with Crippen LogP contribution in [0.25, 0.3) is 0 Å². The number of hydrogen-bond donors (Lipinski definition) is 2. The number of rotatable bonds is 6. The van der Waals surface area contributed by atoms with Gasteiger partial charge >= 0.3 is 0 Å². The highest BCUT2D eigenvalue weighted by Gasteiger charge is 2.14. The first-order valence-corrected chi connectivity index (χ1v) is 6.79. The van der Waals surface area contributed by atoms with Crippen molar-refractivity contribution in [1.82, 2.24) is 5.32 Å². The number of ether oxygens (including phenoxy) is 1. The van der Waals surface area contributed by atoms with Crippen molar-refractivity contribution < 1.29 is 22.7 Å². The van der Waals surface area contributed by atoms with Crippen molar-refractivity contribution in [3.8, 4) is 5.75 Å². The van der Waals surface area contributed by atoms with Crippen molar-refractivity contribution in [2.75, 3.05) is 19.0 Å². The molecule has 2 rings (SSSR count). The average molecular weight is 324 g/mol. The Morgan fingerprint density at radius 3 is 2.57 bits per heavy atom. The minimum Gasteiger partial charge on any atom is -0.496 e. The Morgan fingerprint density at radius 1 is 1.09 bits per heavy atom. The molecule has 0 fully saturated rings. The Hall–Kier alpha value is -2.70. The van der Waals surface area contributed by atoms with Crippen LogP contribution in [0.5, 0.6) is 5.75 Å². The molecule has 0 atom stereocenters. The summed E-state index contributed by atoms with van der Waals surface area (Å²) in [6, 6.07) is 8.98. The molecule has 0 saturated carbocycles. The van der Waals surface area contributed by atoms with E-state index in [0.29, 0.717) is 5.75 Å². The molecule has 0 aliphatic heterocycles. The number of halogens is 3. The van der Waals surface area contributed by atoms with Crippen LogP contribution in [0.1, 0.15) is 5.56 Å². The summed E-state index contributed by atoms with van der Waals surface area (Å²) in [5, 5.41) is 5.04. The molecule has 0 aliphatic rings.